The van der Waals surface area contributed by atoms with Crippen molar-refractivity contribution in [3.05, 3.63) is 69.9 Å². The smallest absolute Gasteiger partial charge is 0.305 e. The highest BCUT2D eigenvalue weighted by Gasteiger charge is 2.20. The van der Waals surface area contributed by atoms with Crippen molar-refractivity contribution < 1.29 is 19.1 Å². The first kappa shape index (κ1) is 18.4. The highest BCUT2D eigenvalue weighted by molar-refractivity contribution is 6.05. The average molecular weight is 365 g/mol. The van der Waals surface area contributed by atoms with E-state index >= 15 is 0 Å². The predicted molar refractivity (Wildman–Crippen MR) is 102 cm³/mol. The van der Waals surface area contributed by atoms with E-state index in [0.29, 0.717) is 16.7 Å². The van der Waals surface area contributed by atoms with Gasteiger partial charge >= 0.3 is 5.97 Å². The van der Waals surface area contributed by atoms with Crippen LogP contribution >= 0.6 is 0 Å². The summed E-state index contributed by atoms with van der Waals surface area (Å²) < 4.78 is 6.00. The van der Waals surface area contributed by atoms with Gasteiger partial charge in [0, 0.05) is 17.2 Å². The molecule has 3 rings (SSSR count). The van der Waals surface area contributed by atoms with Crippen molar-refractivity contribution in [3.63, 3.8) is 0 Å². The molecule has 1 unspecified atom stereocenters. The normalized spacial score (nSPS) is 11.9. The van der Waals surface area contributed by atoms with E-state index in [2.05, 4.69) is 5.32 Å². The summed E-state index contributed by atoms with van der Waals surface area (Å²) in [5.41, 5.74) is 1.38. The molecule has 0 aliphatic carbocycles. The molecule has 138 valence electrons. The fraction of sp³-hybridized carbons (Fsp3) is 0.190. The lowest BCUT2D eigenvalue weighted by Crippen LogP contribution is -2.34. The third kappa shape index (κ3) is 3.74. The standard InChI is InChI=1S/C21H19NO5/c1-12(11-17(23)24)22-21(26)16-10-6-9-15-18(25)13(2)19(27-20(15)16)14-7-4-3-5-8-14/h3-10,12H,11H2,1-2H3,(H,22,26)(H,23,24). The van der Waals surface area contributed by atoms with Crippen LogP contribution in [0.1, 0.15) is 29.3 Å². The molecular weight excluding hydrogens is 346 g/mol. The van der Waals surface area contributed by atoms with E-state index in [1.165, 1.54) is 0 Å². The van der Waals surface area contributed by atoms with Gasteiger partial charge in [-0.1, -0.05) is 36.4 Å². The number of fused-ring (bicyclic) bond motifs is 1. The zero-order chi connectivity index (χ0) is 19.6. The van der Waals surface area contributed by atoms with Crippen LogP contribution in [-0.4, -0.2) is 23.0 Å². The molecule has 0 saturated heterocycles. The zero-order valence-corrected chi connectivity index (χ0v) is 15.0. The Balaban J connectivity index is 2.12. The molecule has 1 amide bonds. The van der Waals surface area contributed by atoms with Crippen molar-refractivity contribution in [2.45, 2.75) is 26.3 Å². The molecule has 6 heteroatoms. The number of rotatable bonds is 5. The summed E-state index contributed by atoms with van der Waals surface area (Å²) in [5.74, 6) is -1.08. The number of para-hydroxylation sites is 1. The lowest BCUT2D eigenvalue weighted by Gasteiger charge is -2.13. The quantitative estimate of drug-likeness (QED) is 0.723. The Morgan fingerprint density at radius 2 is 1.81 bits per heavy atom. The Kier molecular flexibility index (Phi) is 5.07. The topological polar surface area (TPSA) is 96.6 Å². The molecule has 6 nitrogen and oxygen atoms in total. The van der Waals surface area contributed by atoms with Gasteiger partial charge in [0.25, 0.3) is 5.91 Å². The van der Waals surface area contributed by atoms with Crippen LogP contribution in [0.4, 0.5) is 0 Å². The molecule has 1 aromatic heterocycles. The number of carboxylic acid groups (broad SMARTS) is 1. The first-order chi connectivity index (χ1) is 12.9. The average Bonchev–Trinajstić information content (AvgIpc) is 2.64. The largest absolute Gasteiger partial charge is 0.481 e. The second kappa shape index (κ2) is 7.45. The SMILES string of the molecule is Cc1c(-c2ccccc2)oc2c(C(=O)NC(C)CC(=O)O)cccc2c1=O. The molecule has 2 N–H and O–H groups in total. The van der Waals surface area contributed by atoms with Gasteiger partial charge in [0.15, 0.2) is 11.0 Å². The van der Waals surface area contributed by atoms with E-state index in [-0.39, 0.29) is 23.0 Å². The lowest BCUT2D eigenvalue weighted by molar-refractivity contribution is -0.137. The summed E-state index contributed by atoms with van der Waals surface area (Å²) in [7, 11) is 0. The molecule has 2 aromatic carbocycles. The number of amides is 1. The van der Waals surface area contributed by atoms with Gasteiger partial charge in [-0.2, -0.15) is 0 Å². The van der Waals surface area contributed by atoms with Crippen molar-refractivity contribution in [3.8, 4) is 11.3 Å². The summed E-state index contributed by atoms with van der Waals surface area (Å²) in [4.78, 5) is 36.2. The van der Waals surface area contributed by atoms with Crippen LogP contribution in [0, 0.1) is 6.92 Å². The van der Waals surface area contributed by atoms with Gasteiger partial charge in [0.1, 0.15) is 5.76 Å². The molecule has 1 heterocycles. The molecule has 27 heavy (non-hydrogen) atoms. The second-order valence-electron chi connectivity index (χ2n) is 6.41. The van der Waals surface area contributed by atoms with Crippen molar-refractivity contribution >= 4 is 22.8 Å². The highest BCUT2D eigenvalue weighted by Crippen LogP contribution is 2.27. The summed E-state index contributed by atoms with van der Waals surface area (Å²) in [6.45, 7) is 3.29. The summed E-state index contributed by atoms with van der Waals surface area (Å²) in [6.07, 6.45) is -0.200. The predicted octanol–water partition coefficient (Wildman–Crippen LogP) is 3.36. The van der Waals surface area contributed by atoms with Gasteiger partial charge < -0.3 is 14.8 Å². The number of benzene rings is 2. The molecule has 0 fully saturated rings. The van der Waals surface area contributed by atoms with Crippen LogP contribution in [0.25, 0.3) is 22.3 Å². The first-order valence-electron chi connectivity index (χ1n) is 8.53. The highest BCUT2D eigenvalue weighted by atomic mass is 16.4. The molecule has 1 atom stereocenters. The molecule has 0 aliphatic rings. The maximum Gasteiger partial charge on any atom is 0.305 e. The third-order valence-corrected chi connectivity index (χ3v) is 4.28. The first-order valence-corrected chi connectivity index (χ1v) is 8.53. The molecule has 0 saturated carbocycles. The number of hydrogen-bond acceptors (Lipinski definition) is 4. The van der Waals surface area contributed by atoms with E-state index in [4.69, 9.17) is 9.52 Å². The van der Waals surface area contributed by atoms with Crippen LogP contribution in [-0.2, 0) is 4.79 Å². The van der Waals surface area contributed by atoms with E-state index in [0.717, 1.165) is 5.56 Å². The maximum absolute atomic E-state index is 12.8. The van der Waals surface area contributed by atoms with E-state index in [9.17, 15) is 14.4 Å². The number of aliphatic carboxylic acids is 1. The minimum Gasteiger partial charge on any atom is -0.481 e. The zero-order valence-electron chi connectivity index (χ0n) is 15.0. The Morgan fingerprint density at radius 3 is 2.48 bits per heavy atom. The van der Waals surface area contributed by atoms with Crippen LogP contribution in [0.5, 0.6) is 0 Å². The van der Waals surface area contributed by atoms with Crippen molar-refractivity contribution in [1.82, 2.24) is 5.32 Å². The van der Waals surface area contributed by atoms with Gasteiger partial charge in [-0.25, -0.2) is 0 Å². The van der Waals surface area contributed by atoms with Gasteiger partial charge in [-0.15, -0.1) is 0 Å². The van der Waals surface area contributed by atoms with Gasteiger partial charge in [0.2, 0.25) is 0 Å². The van der Waals surface area contributed by atoms with E-state index < -0.39 is 17.9 Å². The van der Waals surface area contributed by atoms with Crippen molar-refractivity contribution in [1.29, 1.82) is 0 Å². The Bertz CT molecular complexity index is 1070. The Hall–Kier alpha value is -3.41. The summed E-state index contributed by atoms with van der Waals surface area (Å²) in [5, 5.41) is 11.8. The molecule has 0 radical (unpaired) electrons. The summed E-state index contributed by atoms with van der Waals surface area (Å²) >= 11 is 0. The van der Waals surface area contributed by atoms with Crippen LogP contribution < -0.4 is 10.7 Å². The maximum atomic E-state index is 12.8. The Morgan fingerprint density at radius 1 is 1.11 bits per heavy atom. The van der Waals surface area contributed by atoms with Gasteiger partial charge in [0.05, 0.1) is 17.4 Å². The molecule has 3 aromatic rings. The lowest BCUT2D eigenvalue weighted by atomic mass is 10.0. The fourth-order valence-corrected chi connectivity index (χ4v) is 2.97. The van der Waals surface area contributed by atoms with Crippen LogP contribution in [0.15, 0.2) is 57.7 Å². The van der Waals surface area contributed by atoms with Gasteiger partial charge in [-0.05, 0) is 26.0 Å². The minimum absolute atomic E-state index is 0.187. The monoisotopic (exact) mass is 365 g/mol. The van der Waals surface area contributed by atoms with Gasteiger partial charge in [-0.3, -0.25) is 14.4 Å². The van der Waals surface area contributed by atoms with Crippen molar-refractivity contribution in [2.75, 3.05) is 0 Å². The van der Waals surface area contributed by atoms with E-state index in [1.54, 1.807) is 32.0 Å². The second-order valence-corrected chi connectivity index (χ2v) is 6.41. The fourth-order valence-electron chi connectivity index (χ4n) is 2.97. The number of carbonyl (C=O) groups is 2. The van der Waals surface area contributed by atoms with Crippen LogP contribution in [0.3, 0.4) is 0 Å². The molecular formula is C21H19NO5. The molecule has 0 spiro atoms. The van der Waals surface area contributed by atoms with Crippen molar-refractivity contribution in [2.24, 2.45) is 0 Å². The molecule has 0 bridgehead atoms. The molecule has 0 aliphatic heterocycles. The number of nitrogens with one attached hydrogen (secondary N) is 1. The summed E-state index contributed by atoms with van der Waals surface area (Å²) in [6, 6.07) is 13.4. The Labute approximate surface area is 155 Å². The number of carbonyl (C=O) groups excluding carboxylic acids is 1. The minimum atomic E-state index is -1.01. The number of hydrogen-bond donors (Lipinski definition) is 2. The number of carboxylic acids is 1. The van der Waals surface area contributed by atoms with Crippen LogP contribution in [0.2, 0.25) is 0 Å². The van der Waals surface area contributed by atoms with E-state index in [1.807, 2.05) is 30.3 Å². The third-order valence-electron chi connectivity index (χ3n) is 4.28.